The number of benzene rings is 2. The van der Waals surface area contributed by atoms with E-state index >= 15 is 0 Å². The van der Waals surface area contributed by atoms with Crippen LogP contribution in [0.2, 0.25) is 0 Å². The maximum absolute atomic E-state index is 12.4. The highest BCUT2D eigenvalue weighted by Gasteiger charge is 2.11. The van der Waals surface area contributed by atoms with Crippen LogP contribution in [0.25, 0.3) is 0 Å². The Morgan fingerprint density at radius 1 is 1.11 bits per heavy atom. The fourth-order valence-corrected chi connectivity index (χ4v) is 2.15. The van der Waals surface area contributed by atoms with Gasteiger partial charge in [0, 0.05) is 16.8 Å². The van der Waals surface area contributed by atoms with Gasteiger partial charge < -0.3 is 5.73 Å². The third-order valence-electron chi connectivity index (χ3n) is 3.26. The van der Waals surface area contributed by atoms with Crippen molar-refractivity contribution in [3.8, 4) is 0 Å². The van der Waals surface area contributed by atoms with Crippen LogP contribution in [-0.4, -0.2) is 5.78 Å². The number of ketones is 1. The van der Waals surface area contributed by atoms with Crippen LogP contribution in [0, 0.1) is 6.92 Å². The lowest BCUT2D eigenvalue weighted by atomic mass is 9.97. The number of nitrogen functional groups attached to an aromatic ring is 1. The monoisotopic (exact) mass is 253 g/mol. The van der Waals surface area contributed by atoms with E-state index < -0.39 is 0 Å². The number of carbonyl (C=O) groups excluding carboxylic acids is 1. The summed E-state index contributed by atoms with van der Waals surface area (Å²) in [6.07, 6.45) is 2.16. The minimum Gasteiger partial charge on any atom is -0.399 e. The molecule has 0 saturated carbocycles. The summed E-state index contributed by atoms with van der Waals surface area (Å²) in [5.41, 5.74) is 10.00. The molecule has 0 aliphatic heterocycles. The Balaban J connectivity index is 2.30. The first-order chi connectivity index (χ1) is 9.11. The molecule has 98 valence electrons. The van der Waals surface area contributed by atoms with E-state index in [1.54, 1.807) is 6.07 Å². The quantitative estimate of drug-likeness (QED) is 0.666. The van der Waals surface area contributed by atoms with Crippen molar-refractivity contribution in [1.82, 2.24) is 0 Å². The lowest BCUT2D eigenvalue weighted by molar-refractivity contribution is 0.103. The maximum atomic E-state index is 12.4. The van der Waals surface area contributed by atoms with E-state index in [9.17, 15) is 4.79 Å². The first-order valence-electron chi connectivity index (χ1n) is 6.61. The second-order valence-corrected chi connectivity index (χ2v) is 4.85. The lowest BCUT2D eigenvalue weighted by Gasteiger charge is -2.07. The molecule has 0 aliphatic rings. The summed E-state index contributed by atoms with van der Waals surface area (Å²) in [5, 5.41) is 0. The average Bonchev–Trinajstić information content (AvgIpc) is 2.42. The van der Waals surface area contributed by atoms with Crippen molar-refractivity contribution >= 4 is 11.5 Å². The highest BCUT2D eigenvalue weighted by atomic mass is 16.1. The van der Waals surface area contributed by atoms with Gasteiger partial charge in [-0.2, -0.15) is 0 Å². The molecule has 0 fully saturated rings. The Kier molecular flexibility index (Phi) is 4.00. The molecule has 0 heterocycles. The number of carbonyl (C=O) groups is 1. The second-order valence-electron chi connectivity index (χ2n) is 4.85. The maximum Gasteiger partial charge on any atom is 0.193 e. The predicted octanol–water partition coefficient (Wildman–Crippen LogP) is 3.76. The van der Waals surface area contributed by atoms with Crippen LogP contribution in [0.3, 0.4) is 0 Å². The van der Waals surface area contributed by atoms with Crippen LogP contribution in [0.4, 0.5) is 5.69 Å². The van der Waals surface area contributed by atoms with Gasteiger partial charge in [-0.15, -0.1) is 0 Å². The van der Waals surface area contributed by atoms with Crippen LogP contribution >= 0.6 is 0 Å². The zero-order chi connectivity index (χ0) is 13.8. The second kappa shape index (κ2) is 5.70. The van der Waals surface area contributed by atoms with Crippen LogP contribution in [0.15, 0.2) is 42.5 Å². The number of nitrogens with two attached hydrogens (primary N) is 1. The molecule has 0 aliphatic carbocycles. The largest absolute Gasteiger partial charge is 0.399 e. The molecular formula is C17H19NO. The molecule has 0 spiro atoms. The van der Waals surface area contributed by atoms with Crippen molar-refractivity contribution < 1.29 is 4.79 Å². The van der Waals surface area contributed by atoms with Crippen LogP contribution < -0.4 is 5.73 Å². The van der Waals surface area contributed by atoms with Gasteiger partial charge in [0.1, 0.15) is 0 Å². The molecule has 0 radical (unpaired) electrons. The van der Waals surface area contributed by atoms with Gasteiger partial charge in [0.15, 0.2) is 5.78 Å². The molecule has 2 rings (SSSR count). The van der Waals surface area contributed by atoms with Gasteiger partial charge in [-0.3, -0.25) is 4.79 Å². The zero-order valence-electron chi connectivity index (χ0n) is 11.4. The standard InChI is InChI=1S/C17H19NO/c1-3-4-13-6-8-14(9-7-13)17(19)16-11-15(18)10-5-12(16)2/h5-11H,3-4,18H2,1-2H3. The SMILES string of the molecule is CCCc1ccc(C(=O)c2cc(N)ccc2C)cc1. The average molecular weight is 253 g/mol. The van der Waals surface area contributed by atoms with Crippen molar-refractivity contribution in [2.45, 2.75) is 26.7 Å². The Morgan fingerprint density at radius 2 is 1.79 bits per heavy atom. The number of hydrogen-bond acceptors (Lipinski definition) is 2. The summed E-state index contributed by atoms with van der Waals surface area (Å²) < 4.78 is 0. The van der Waals surface area contributed by atoms with E-state index in [0.29, 0.717) is 16.8 Å². The summed E-state index contributed by atoms with van der Waals surface area (Å²) in [4.78, 5) is 12.4. The van der Waals surface area contributed by atoms with Crippen molar-refractivity contribution in [2.75, 3.05) is 5.73 Å². The molecule has 2 aromatic carbocycles. The number of aryl methyl sites for hydroxylation is 2. The van der Waals surface area contributed by atoms with Gasteiger partial charge in [-0.25, -0.2) is 0 Å². The summed E-state index contributed by atoms with van der Waals surface area (Å²) in [5.74, 6) is 0.0350. The van der Waals surface area contributed by atoms with E-state index in [0.717, 1.165) is 18.4 Å². The van der Waals surface area contributed by atoms with E-state index in [-0.39, 0.29) is 5.78 Å². The predicted molar refractivity (Wildman–Crippen MR) is 79.5 cm³/mol. The first-order valence-corrected chi connectivity index (χ1v) is 6.61. The number of rotatable bonds is 4. The lowest BCUT2D eigenvalue weighted by Crippen LogP contribution is -2.04. The highest BCUT2D eigenvalue weighted by Crippen LogP contribution is 2.18. The molecule has 0 aromatic heterocycles. The smallest absolute Gasteiger partial charge is 0.193 e. The molecular weight excluding hydrogens is 234 g/mol. The number of hydrogen-bond donors (Lipinski definition) is 1. The van der Waals surface area contributed by atoms with Gasteiger partial charge in [0.25, 0.3) is 0 Å². The topological polar surface area (TPSA) is 43.1 Å². The Morgan fingerprint density at radius 3 is 2.42 bits per heavy atom. The molecule has 0 amide bonds. The molecule has 19 heavy (non-hydrogen) atoms. The molecule has 0 atom stereocenters. The van der Waals surface area contributed by atoms with Crippen molar-refractivity contribution in [3.05, 3.63) is 64.7 Å². The zero-order valence-corrected chi connectivity index (χ0v) is 11.4. The third kappa shape index (κ3) is 3.02. The molecule has 0 saturated heterocycles. The van der Waals surface area contributed by atoms with Gasteiger partial charge >= 0.3 is 0 Å². The Bertz CT molecular complexity index is 585. The van der Waals surface area contributed by atoms with Crippen LogP contribution in [0.1, 0.15) is 40.4 Å². The van der Waals surface area contributed by atoms with Gasteiger partial charge in [-0.05, 0) is 36.6 Å². The molecule has 0 bridgehead atoms. The fourth-order valence-electron chi connectivity index (χ4n) is 2.15. The Hall–Kier alpha value is -2.09. The molecule has 2 nitrogen and oxygen atoms in total. The highest BCUT2D eigenvalue weighted by molar-refractivity contribution is 6.10. The summed E-state index contributed by atoms with van der Waals surface area (Å²) in [6.45, 7) is 4.08. The molecule has 0 unspecified atom stereocenters. The summed E-state index contributed by atoms with van der Waals surface area (Å²) >= 11 is 0. The van der Waals surface area contributed by atoms with Gasteiger partial charge in [0.05, 0.1) is 0 Å². The minimum atomic E-state index is 0.0350. The first kappa shape index (κ1) is 13.3. The van der Waals surface area contributed by atoms with E-state index in [4.69, 9.17) is 5.73 Å². The van der Waals surface area contributed by atoms with E-state index in [1.165, 1.54) is 5.56 Å². The third-order valence-corrected chi connectivity index (χ3v) is 3.26. The molecule has 2 heteroatoms. The van der Waals surface area contributed by atoms with Crippen LogP contribution in [0.5, 0.6) is 0 Å². The van der Waals surface area contributed by atoms with Crippen molar-refractivity contribution in [2.24, 2.45) is 0 Å². The van der Waals surface area contributed by atoms with Crippen molar-refractivity contribution in [1.29, 1.82) is 0 Å². The van der Waals surface area contributed by atoms with Gasteiger partial charge in [-0.1, -0.05) is 43.7 Å². The van der Waals surface area contributed by atoms with Gasteiger partial charge in [0.2, 0.25) is 0 Å². The summed E-state index contributed by atoms with van der Waals surface area (Å²) in [7, 11) is 0. The van der Waals surface area contributed by atoms with Crippen molar-refractivity contribution in [3.63, 3.8) is 0 Å². The number of anilines is 1. The molecule has 2 aromatic rings. The fraction of sp³-hybridized carbons (Fsp3) is 0.235. The minimum absolute atomic E-state index is 0.0350. The summed E-state index contributed by atoms with van der Waals surface area (Å²) in [6, 6.07) is 13.3. The van der Waals surface area contributed by atoms with E-state index in [2.05, 4.69) is 6.92 Å². The molecule has 2 N–H and O–H groups in total. The normalized spacial score (nSPS) is 10.4. The Labute approximate surface area is 114 Å². The van der Waals surface area contributed by atoms with Crippen LogP contribution in [-0.2, 0) is 6.42 Å². The van der Waals surface area contributed by atoms with E-state index in [1.807, 2.05) is 43.3 Å².